The Morgan fingerprint density at radius 3 is 2.38 bits per heavy atom. The molecule has 2 aromatic rings. The summed E-state index contributed by atoms with van der Waals surface area (Å²) < 4.78 is 10.1. The predicted molar refractivity (Wildman–Crippen MR) is 103 cm³/mol. The van der Waals surface area contributed by atoms with Crippen LogP contribution in [0.5, 0.6) is 5.75 Å². The number of aryl methyl sites for hydroxylation is 1. The van der Waals surface area contributed by atoms with E-state index in [2.05, 4.69) is 5.32 Å². The van der Waals surface area contributed by atoms with Crippen molar-refractivity contribution in [1.29, 1.82) is 0 Å². The second-order valence-corrected chi connectivity index (χ2v) is 6.61. The lowest BCUT2D eigenvalue weighted by molar-refractivity contribution is 0.0600. The van der Waals surface area contributed by atoms with Crippen molar-refractivity contribution >= 4 is 29.2 Å². The van der Waals surface area contributed by atoms with Crippen LogP contribution in [0, 0.1) is 6.92 Å². The predicted octanol–water partition coefficient (Wildman–Crippen LogP) is 4.82. The number of ether oxygens (including phenoxy) is 2. The van der Waals surface area contributed by atoms with Crippen LogP contribution in [-0.4, -0.2) is 26.1 Å². The van der Waals surface area contributed by atoms with Crippen molar-refractivity contribution in [2.24, 2.45) is 0 Å². The van der Waals surface area contributed by atoms with Gasteiger partial charge in [-0.3, -0.25) is 4.79 Å². The minimum Gasteiger partial charge on any atom is -0.496 e. The van der Waals surface area contributed by atoms with Gasteiger partial charge in [-0.15, -0.1) is 0 Å². The highest BCUT2D eigenvalue weighted by molar-refractivity contribution is 6.34. The lowest BCUT2D eigenvalue weighted by atomic mass is 9.96. The second kappa shape index (κ2) is 8.23. The Hall–Kier alpha value is -2.53. The molecule has 0 atom stereocenters. The maximum absolute atomic E-state index is 12.8. The van der Waals surface area contributed by atoms with Crippen LogP contribution >= 0.6 is 11.6 Å². The minimum atomic E-state index is -0.500. The molecular weight excluding hydrogens is 354 g/mol. The monoisotopic (exact) mass is 375 g/mol. The van der Waals surface area contributed by atoms with E-state index >= 15 is 0 Å². The van der Waals surface area contributed by atoms with E-state index in [4.69, 9.17) is 21.1 Å². The summed E-state index contributed by atoms with van der Waals surface area (Å²) in [6.45, 7) is 5.91. The number of methoxy groups -OCH3 is 2. The van der Waals surface area contributed by atoms with E-state index in [1.807, 2.05) is 32.9 Å². The smallest absolute Gasteiger partial charge is 0.337 e. The summed E-state index contributed by atoms with van der Waals surface area (Å²) >= 11 is 6.16. The summed E-state index contributed by atoms with van der Waals surface area (Å²) in [7, 11) is 2.90. The third kappa shape index (κ3) is 4.17. The van der Waals surface area contributed by atoms with Gasteiger partial charge >= 0.3 is 5.97 Å². The number of hydrogen-bond acceptors (Lipinski definition) is 4. The molecule has 0 aliphatic heterocycles. The first-order valence-electron chi connectivity index (χ1n) is 8.16. The minimum absolute atomic E-state index is 0.198. The van der Waals surface area contributed by atoms with Gasteiger partial charge in [0.15, 0.2) is 0 Å². The molecule has 2 rings (SSSR count). The fraction of sp³-hybridized carbons (Fsp3) is 0.300. The molecule has 0 radical (unpaired) electrons. The number of carbonyl (C=O) groups excluding carboxylic acids is 2. The Labute approximate surface area is 158 Å². The zero-order chi connectivity index (χ0) is 19.4. The summed E-state index contributed by atoms with van der Waals surface area (Å²) in [5, 5.41) is 3.11. The Morgan fingerprint density at radius 1 is 1.12 bits per heavy atom. The number of carbonyl (C=O) groups is 2. The first kappa shape index (κ1) is 19.8. The van der Waals surface area contributed by atoms with Gasteiger partial charge in [-0.25, -0.2) is 4.79 Å². The van der Waals surface area contributed by atoms with E-state index in [1.54, 1.807) is 19.2 Å². The molecule has 6 heteroatoms. The quantitative estimate of drug-likeness (QED) is 0.761. The van der Waals surface area contributed by atoms with Crippen LogP contribution in [0.3, 0.4) is 0 Å². The van der Waals surface area contributed by atoms with Crippen molar-refractivity contribution in [1.82, 2.24) is 0 Å². The fourth-order valence-corrected chi connectivity index (χ4v) is 2.79. The first-order valence-corrected chi connectivity index (χ1v) is 8.54. The molecular formula is C20H22ClNO4. The number of benzene rings is 2. The van der Waals surface area contributed by atoms with E-state index in [0.717, 1.165) is 16.9 Å². The Kier molecular flexibility index (Phi) is 6.27. The van der Waals surface area contributed by atoms with Crippen LogP contribution in [-0.2, 0) is 4.74 Å². The van der Waals surface area contributed by atoms with Gasteiger partial charge in [0.1, 0.15) is 5.75 Å². The number of halogens is 1. The van der Waals surface area contributed by atoms with Crippen LogP contribution in [0.1, 0.15) is 51.6 Å². The van der Waals surface area contributed by atoms with Crippen LogP contribution in [0.25, 0.3) is 0 Å². The Bertz CT molecular complexity index is 846. The molecule has 0 saturated carbocycles. The van der Waals surface area contributed by atoms with Crippen molar-refractivity contribution in [3.05, 3.63) is 57.6 Å². The molecule has 0 fully saturated rings. The normalized spacial score (nSPS) is 10.6. The van der Waals surface area contributed by atoms with Gasteiger partial charge in [0, 0.05) is 5.56 Å². The van der Waals surface area contributed by atoms with Gasteiger partial charge in [0.2, 0.25) is 0 Å². The molecule has 0 spiro atoms. The number of esters is 1. The summed E-state index contributed by atoms with van der Waals surface area (Å²) in [6, 6.07) is 8.25. The van der Waals surface area contributed by atoms with Crippen molar-refractivity contribution in [2.75, 3.05) is 19.5 Å². The number of nitrogens with one attached hydrogen (secondary N) is 1. The topological polar surface area (TPSA) is 64.6 Å². The highest BCUT2D eigenvalue weighted by Gasteiger charge is 2.17. The van der Waals surface area contributed by atoms with Gasteiger partial charge in [-0.2, -0.15) is 0 Å². The first-order chi connectivity index (χ1) is 12.3. The maximum atomic E-state index is 12.8. The molecule has 26 heavy (non-hydrogen) atoms. The maximum Gasteiger partial charge on any atom is 0.337 e. The average molecular weight is 376 g/mol. The van der Waals surface area contributed by atoms with Crippen molar-refractivity contribution < 1.29 is 19.1 Å². The summed E-state index contributed by atoms with van der Waals surface area (Å²) in [4.78, 5) is 24.5. The Balaban J connectivity index is 2.39. The molecule has 0 bridgehead atoms. The summed E-state index contributed by atoms with van der Waals surface area (Å²) in [5.41, 5.74) is 2.90. The lowest BCUT2D eigenvalue weighted by Crippen LogP contribution is -2.15. The standard InChI is InChI=1S/C20H22ClNO4/c1-11(2)14-10-15(12(3)8-18(14)25-4)19(23)22-17-9-13(20(24)26-5)6-7-16(17)21/h6-11H,1-5H3,(H,22,23). The molecule has 0 aliphatic carbocycles. The van der Waals surface area contributed by atoms with E-state index in [-0.39, 0.29) is 11.8 Å². The molecule has 1 N–H and O–H groups in total. The molecule has 0 unspecified atom stereocenters. The molecule has 5 nitrogen and oxygen atoms in total. The van der Waals surface area contributed by atoms with E-state index in [1.165, 1.54) is 13.2 Å². The molecule has 0 heterocycles. The zero-order valence-electron chi connectivity index (χ0n) is 15.5. The van der Waals surface area contributed by atoms with Gasteiger partial charge < -0.3 is 14.8 Å². The van der Waals surface area contributed by atoms with Crippen molar-refractivity contribution in [3.8, 4) is 5.75 Å². The molecule has 1 amide bonds. The molecule has 138 valence electrons. The summed E-state index contributed by atoms with van der Waals surface area (Å²) in [6.07, 6.45) is 0. The third-order valence-electron chi connectivity index (χ3n) is 4.08. The second-order valence-electron chi connectivity index (χ2n) is 6.20. The van der Waals surface area contributed by atoms with E-state index < -0.39 is 5.97 Å². The number of anilines is 1. The van der Waals surface area contributed by atoms with Crippen molar-refractivity contribution in [3.63, 3.8) is 0 Å². The van der Waals surface area contributed by atoms with Crippen LogP contribution in [0.2, 0.25) is 5.02 Å². The molecule has 0 aromatic heterocycles. The van der Waals surface area contributed by atoms with Crippen LogP contribution in [0.15, 0.2) is 30.3 Å². The van der Waals surface area contributed by atoms with Gasteiger partial charge in [0.05, 0.1) is 30.5 Å². The number of rotatable bonds is 5. The van der Waals surface area contributed by atoms with Crippen LogP contribution in [0.4, 0.5) is 5.69 Å². The molecule has 0 aliphatic rings. The van der Waals surface area contributed by atoms with Gasteiger partial charge in [0.25, 0.3) is 5.91 Å². The largest absolute Gasteiger partial charge is 0.496 e. The number of hydrogen-bond donors (Lipinski definition) is 1. The Morgan fingerprint density at radius 2 is 1.81 bits per heavy atom. The zero-order valence-corrected chi connectivity index (χ0v) is 16.2. The third-order valence-corrected chi connectivity index (χ3v) is 4.41. The molecule has 2 aromatic carbocycles. The number of amides is 1. The van der Waals surface area contributed by atoms with E-state index in [0.29, 0.717) is 21.8 Å². The lowest BCUT2D eigenvalue weighted by Gasteiger charge is -2.16. The van der Waals surface area contributed by atoms with Gasteiger partial charge in [-0.05, 0) is 54.3 Å². The average Bonchev–Trinajstić information content (AvgIpc) is 2.62. The van der Waals surface area contributed by atoms with Crippen molar-refractivity contribution in [2.45, 2.75) is 26.7 Å². The fourth-order valence-electron chi connectivity index (χ4n) is 2.63. The highest BCUT2D eigenvalue weighted by Crippen LogP contribution is 2.31. The SMILES string of the molecule is COC(=O)c1ccc(Cl)c(NC(=O)c2cc(C(C)C)c(OC)cc2C)c1. The van der Waals surface area contributed by atoms with E-state index in [9.17, 15) is 9.59 Å². The van der Waals surface area contributed by atoms with Gasteiger partial charge in [-0.1, -0.05) is 25.4 Å². The van der Waals surface area contributed by atoms with Crippen LogP contribution < -0.4 is 10.1 Å². The highest BCUT2D eigenvalue weighted by atomic mass is 35.5. The summed E-state index contributed by atoms with van der Waals surface area (Å²) in [5.74, 6) is 0.138. The molecule has 0 saturated heterocycles.